The van der Waals surface area contributed by atoms with Gasteiger partial charge in [-0.25, -0.2) is 4.98 Å². The lowest BCUT2D eigenvalue weighted by Crippen LogP contribution is -2.15. The van der Waals surface area contributed by atoms with Crippen LogP contribution in [0.3, 0.4) is 0 Å². The van der Waals surface area contributed by atoms with Gasteiger partial charge in [0.15, 0.2) is 0 Å². The molecular formula is C15H17N3. The zero-order valence-corrected chi connectivity index (χ0v) is 10.6. The van der Waals surface area contributed by atoms with E-state index in [0.717, 1.165) is 25.3 Å². The second kappa shape index (κ2) is 4.78. The lowest BCUT2D eigenvalue weighted by Gasteiger charge is -2.18. The Morgan fingerprint density at radius 1 is 1.22 bits per heavy atom. The molecule has 0 atom stereocenters. The van der Waals surface area contributed by atoms with Gasteiger partial charge in [0.1, 0.15) is 5.82 Å². The second-order valence-corrected chi connectivity index (χ2v) is 4.59. The molecule has 0 radical (unpaired) electrons. The van der Waals surface area contributed by atoms with Crippen molar-refractivity contribution in [2.24, 2.45) is 0 Å². The molecule has 1 aliphatic rings. The fourth-order valence-corrected chi connectivity index (χ4v) is 2.46. The fourth-order valence-electron chi connectivity index (χ4n) is 2.46. The first-order chi connectivity index (χ1) is 8.88. The van der Waals surface area contributed by atoms with Crippen LogP contribution in [-0.4, -0.2) is 18.6 Å². The Bertz CT molecular complexity index is 534. The monoisotopic (exact) mass is 239 g/mol. The molecule has 0 aliphatic carbocycles. The molecule has 1 aromatic heterocycles. The Kier molecular flexibility index (Phi) is 2.99. The number of aromatic nitrogens is 1. The normalized spacial score (nSPS) is 13.7. The van der Waals surface area contributed by atoms with Crippen LogP contribution in [0.15, 0.2) is 42.6 Å². The van der Waals surface area contributed by atoms with E-state index in [0.29, 0.717) is 0 Å². The number of rotatable bonds is 3. The van der Waals surface area contributed by atoms with Gasteiger partial charge in [-0.05, 0) is 36.7 Å². The molecule has 0 unspecified atom stereocenters. The summed E-state index contributed by atoms with van der Waals surface area (Å²) in [6.45, 7) is 1.89. The number of hydrogen-bond donors (Lipinski definition) is 1. The first-order valence-corrected chi connectivity index (χ1v) is 6.33. The summed E-state index contributed by atoms with van der Waals surface area (Å²) in [6, 6.07) is 12.8. The highest BCUT2D eigenvalue weighted by Gasteiger charge is 2.20. The number of hydrogen-bond acceptors (Lipinski definition) is 3. The van der Waals surface area contributed by atoms with E-state index in [1.54, 1.807) is 0 Å². The average molecular weight is 239 g/mol. The fraction of sp³-hybridized carbons (Fsp3) is 0.267. The summed E-state index contributed by atoms with van der Waals surface area (Å²) in [4.78, 5) is 6.85. The molecule has 0 fully saturated rings. The third kappa shape index (κ3) is 1.97. The van der Waals surface area contributed by atoms with E-state index in [1.165, 1.54) is 16.8 Å². The van der Waals surface area contributed by atoms with E-state index in [2.05, 4.69) is 51.6 Å². The van der Waals surface area contributed by atoms with Gasteiger partial charge in [-0.2, -0.15) is 0 Å². The van der Waals surface area contributed by atoms with Crippen LogP contribution in [0.1, 0.15) is 11.1 Å². The van der Waals surface area contributed by atoms with Gasteiger partial charge < -0.3 is 10.2 Å². The minimum atomic E-state index is 0.865. The van der Waals surface area contributed by atoms with Crippen molar-refractivity contribution in [1.82, 2.24) is 10.3 Å². The number of benzene rings is 1. The highest BCUT2D eigenvalue weighted by atomic mass is 15.2. The van der Waals surface area contributed by atoms with Gasteiger partial charge in [0.2, 0.25) is 0 Å². The topological polar surface area (TPSA) is 28.2 Å². The number of fused-ring (bicyclic) bond motifs is 1. The van der Waals surface area contributed by atoms with Crippen LogP contribution in [-0.2, 0) is 13.0 Å². The molecule has 1 aromatic carbocycles. The van der Waals surface area contributed by atoms with E-state index >= 15 is 0 Å². The first kappa shape index (κ1) is 11.2. The van der Waals surface area contributed by atoms with Crippen LogP contribution in [0.4, 0.5) is 11.5 Å². The predicted molar refractivity (Wildman–Crippen MR) is 74.2 cm³/mol. The third-order valence-electron chi connectivity index (χ3n) is 3.35. The summed E-state index contributed by atoms with van der Waals surface area (Å²) >= 11 is 0. The maximum atomic E-state index is 4.56. The summed E-state index contributed by atoms with van der Waals surface area (Å²) in [7, 11) is 1.95. The zero-order valence-electron chi connectivity index (χ0n) is 10.6. The number of anilines is 2. The Balaban J connectivity index is 1.88. The van der Waals surface area contributed by atoms with Crippen molar-refractivity contribution >= 4 is 11.5 Å². The highest BCUT2D eigenvalue weighted by Crippen LogP contribution is 2.32. The number of pyridine rings is 1. The number of nitrogens with one attached hydrogen (secondary N) is 1. The van der Waals surface area contributed by atoms with Crippen molar-refractivity contribution in [3.63, 3.8) is 0 Å². The Labute approximate surface area is 107 Å². The van der Waals surface area contributed by atoms with Gasteiger partial charge in [-0.1, -0.05) is 24.3 Å². The van der Waals surface area contributed by atoms with Gasteiger partial charge in [-0.15, -0.1) is 0 Å². The van der Waals surface area contributed by atoms with Gasteiger partial charge in [-0.3, -0.25) is 0 Å². The van der Waals surface area contributed by atoms with E-state index in [9.17, 15) is 0 Å². The van der Waals surface area contributed by atoms with Crippen molar-refractivity contribution in [3.05, 3.63) is 53.7 Å². The minimum absolute atomic E-state index is 0.865. The van der Waals surface area contributed by atoms with Crippen LogP contribution in [0.2, 0.25) is 0 Å². The predicted octanol–water partition coefficient (Wildman–Crippen LogP) is 2.50. The molecule has 0 bridgehead atoms. The summed E-state index contributed by atoms with van der Waals surface area (Å²) in [5.41, 5.74) is 3.93. The maximum absolute atomic E-state index is 4.56. The van der Waals surface area contributed by atoms with Crippen molar-refractivity contribution < 1.29 is 0 Å². The van der Waals surface area contributed by atoms with Gasteiger partial charge in [0, 0.05) is 25.0 Å². The van der Waals surface area contributed by atoms with Gasteiger partial charge >= 0.3 is 0 Å². The van der Waals surface area contributed by atoms with Crippen molar-refractivity contribution in [2.45, 2.75) is 13.0 Å². The molecule has 0 saturated carbocycles. The Morgan fingerprint density at radius 2 is 2.11 bits per heavy atom. The second-order valence-electron chi connectivity index (χ2n) is 4.59. The summed E-state index contributed by atoms with van der Waals surface area (Å²) in [5, 5.41) is 3.14. The molecule has 0 spiro atoms. The van der Waals surface area contributed by atoms with E-state index in [1.807, 2.05) is 13.2 Å². The average Bonchev–Trinajstić information content (AvgIpc) is 2.84. The molecule has 0 saturated heterocycles. The third-order valence-corrected chi connectivity index (χ3v) is 3.35. The molecule has 1 N–H and O–H groups in total. The van der Waals surface area contributed by atoms with Gasteiger partial charge in [0.25, 0.3) is 0 Å². The Hall–Kier alpha value is -1.87. The molecule has 3 heteroatoms. The summed E-state index contributed by atoms with van der Waals surface area (Å²) < 4.78 is 0. The van der Waals surface area contributed by atoms with Crippen LogP contribution in [0.25, 0.3) is 0 Å². The molecule has 18 heavy (non-hydrogen) atoms. The van der Waals surface area contributed by atoms with Crippen molar-refractivity contribution in [1.29, 1.82) is 0 Å². The first-order valence-electron chi connectivity index (χ1n) is 6.33. The number of para-hydroxylation sites is 1. The minimum Gasteiger partial charge on any atom is -0.326 e. The lowest BCUT2D eigenvalue weighted by atomic mass is 10.2. The molecular weight excluding hydrogens is 222 g/mol. The summed E-state index contributed by atoms with van der Waals surface area (Å²) in [5.74, 6) is 1.04. The van der Waals surface area contributed by atoms with E-state index in [-0.39, 0.29) is 0 Å². The molecule has 2 aromatic rings. The largest absolute Gasteiger partial charge is 0.326 e. The zero-order chi connectivity index (χ0) is 12.4. The van der Waals surface area contributed by atoms with Crippen molar-refractivity contribution in [3.8, 4) is 0 Å². The summed E-state index contributed by atoms with van der Waals surface area (Å²) in [6.07, 6.45) is 3.06. The quantitative estimate of drug-likeness (QED) is 0.892. The van der Waals surface area contributed by atoms with Crippen molar-refractivity contribution in [2.75, 3.05) is 18.5 Å². The van der Waals surface area contributed by atoms with Crippen LogP contribution in [0.5, 0.6) is 0 Å². The van der Waals surface area contributed by atoms with Crippen LogP contribution in [0, 0.1) is 0 Å². The number of nitrogens with zero attached hydrogens (tertiary/aromatic N) is 2. The van der Waals surface area contributed by atoms with Gasteiger partial charge in [0.05, 0.1) is 0 Å². The maximum Gasteiger partial charge on any atom is 0.132 e. The SMILES string of the molecule is CNCc1ccc(N2CCc3ccccc32)nc1. The molecule has 1 aliphatic heterocycles. The molecule has 2 heterocycles. The van der Waals surface area contributed by atoms with Crippen LogP contribution >= 0.6 is 0 Å². The molecule has 0 amide bonds. The van der Waals surface area contributed by atoms with E-state index < -0.39 is 0 Å². The van der Waals surface area contributed by atoms with E-state index in [4.69, 9.17) is 0 Å². The highest BCUT2D eigenvalue weighted by molar-refractivity contribution is 5.67. The molecule has 3 nitrogen and oxygen atoms in total. The molecule has 92 valence electrons. The Morgan fingerprint density at radius 3 is 2.89 bits per heavy atom. The molecule has 3 rings (SSSR count). The standard InChI is InChI=1S/C15H17N3/c1-16-10-12-6-7-15(17-11-12)18-9-8-13-4-2-3-5-14(13)18/h2-7,11,16H,8-10H2,1H3. The lowest BCUT2D eigenvalue weighted by molar-refractivity contribution is 0.812. The van der Waals surface area contributed by atoms with Crippen LogP contribution < -0.4 is 10.2 Å². The smallest absolute Gasteiger partial charge is 0.132 e.